The summed E-state index contributed by atoms with van der Waals surface area (Å²) in [5, 5.41) is 4.38. The van der Waals surface area contributed by atoms with Crippen LogP contribution in [-0.4, -0.2) is 41.1 Å². The SMILES string of the molecule is CC(C)CC1c2[nH]c3cc(Cl)ccc3c2CCN1C(=O)C1CCCCC1.CNC(=O)OC(C)(C)C. The summed E-state index contributed by atoms with van der Waals surface area (Å²) in [4.78, 5) is 29.6. The number of hydrogen-bond acceptors (Lipinski definition) is 3. The monoisotopic (exact) mass is 503 g/mol. The molecule has 2 heterocycles. The quantitative estimate of drug-likeness (QED) is 0.472. The molecule has 7 heteroatoms. The number of carbonyl (C=O) groups is 2. The van der Waals surface area contributed by atoms with Crippen molar-refractivity contribution in [3.05, 3.63) is 34.5 Å². The molecule has 1 aliphatic heterocycles. The van der Waals surface area contributed by atoms with Crippen molar-refractivity contribution in [2.24, 2.45) is 11.8 Å². The van der Waals surface area contributed by atoms with Crippen molar-refractivity contribution in [2.45, 2.75) is 91.2 Å². The summed E-state index contributed by atoms with van der Waals surface area (Å²) >= 11 is 6.20. The maximum absolute atomic E-state index is 13.3. The van der Waals surface area contributed by atoms with Crippen molar-refractivity contribution >= 4 is 34.5 Å². The van der Waals surface area contributed by atoms with E-state index in [2.05, 4.69) is 35.1 Å². The molecule has 1 saturated carbocycles. The van der Waals surface area contributed by atoms with Crippen LogP contribution in [0.15, 0.2) is 18.2 Å². The van der Waals surface area contributed by atoms with Gasteiger partial charge in [-0.25, -0.2) is 4.79 Å². The molecule has 2 N–H and O–H groups in total. The Morgan fingerprint density at radius 3 is 2.46 bits per heavy atom. The highest BCUT2D eigenvalue weighted by molar-refractivity contribution is 6.31. The number of amides is 2. The molecule has 0 saturated heterocycles. The summed E-state index contributed by atoms with van der Waals surface area (Å²) in [5.41, 5.74) is 3.34. The summed E-state index contributed by atoms with van der Waals surface area (Å²) in [7, 11) is 1.54. The maximum atomic E-state index is 13.3. The topological polar surface area (TPSA) is 74.4 Å². The zero-order chi connectivity index (χ0) is 25.8. The van der Waals surface area contributed by atoms with Crippen LogP contribution in [0.5, 0.6) is 0 Å². The third-order valence-corrected chi connectivity index (χ3v) is 6.98. The molecular weight excluding hydrogens is 462 g/mol. The number of aromatic nitrogens is 1. The van der Waals surface area contributed by atoms with Gasteiger partial charge in [-0.3, -0.25) is 4.79 Å². The van der Waals surface area contributed by atoms with Gasteiger partial charge in [0.05, 0.1) is 6.04 Å². The number of nitrogens with one attached hydrogen (secondary N) is 2. The molecule has 0 spiro atoms. The van der Waals surface area contributed by atoms with E-state index in [9.17, 15) is 9.59 Å². The molecule has 1 fully saturated rings. The number of rotatable bonds is 3. The summed E-state index contributed by atoms with van der Waals surface area (Å²) in [6, 6.07) is 6.27. The predicted octanol–water partition coefficient (Wildman–Crippen LogP) is 7.01. The minimum Gasteiger partial charge on any atom is -0.444 e. The van der Waals surface area contributed by atoms with Crippen LogP contribution in [0.2, 0.25) is 5.02 Å². The Morgan fingerprint density at radius 1 is 1.20 bits per heavy atom. The molecule has 0 radical (unpaired) electrons. The number of H-pyrrole nitrogens is 1. The normalized spacial score (nSPS) is 18.6. The van der Waals surface area contributed by atoms with Gasteiger partial charge in [0.25, 0.3) is 0 Å². The van der Waals surface area contributed by atoms with E-state index in [0.29, 0.717) is 11.8 Å². The number of alkyl carbamates (subject to hydrolysis) is 1. The predicted molar refractivity (Wildman–Crippen MR) is 143 cm³/mol. The Labute approximate surface area is 215 Å². The molecule has 1 aliphatic carbocycles. The second kappa shape index (κ2) is 11.7. The number of aromatic amines is 1. The van der Waals surface area contributed by atoms with Crippen LogP contribution >= 0.6 is 11.6 Å². The highest BCUT2D eigenvalue weighted by Gasteiger charge is 2.36. The van der Waals surface area contributed by atoms with Gasteiger partial charge in [-0.2, -0.15) is 0 Å². The van der Waals surface area contributed by atoms with E-state index in [0.717, 1.165) is 42.8 Å². The van der Waals surface area contributed by atoms with Crippen molar-refractivity contribution in [1.29, 1.82) is 0 Å². The Balaban J connectivity index is 0.000000327. The number of fused-ring (bicyclic) bond motifs is 3. The fourth-order valence-electron chi connectivity index (χ4n) is 5.21. The lowest BCUT2D eigenvalue weighted by atomic mass is 9.85. The molecule has 4 rings (SSSR count). The van der Waals surface area contributed by atoms with Crippen LogP contribution in [0.4, 0.5) is 4.79 Å². The van der Waals surface area contributed by atoms with Crippen LogP contribution < -0.4 is 5.32 Å². The molecule has 6 nitrogen and oxygen atoms in total. The van der Waals surface area contributed by atoms with Gasteiger partial charge in [0.2, 0.25) is 5.91 Å². The molecule has 0 bridgehead atoms. The smallest absolute Gasteiger partial charge is 0.407 e. The third kappa shape index (κ3) is 7.16. The van der Waals surface area contributed by atoms with Gasteiger partial charge in [-0.1, -0.05) is 50.8 Å². The van der Waals surface area contributed by atoms with Crippen LogP contribution in [0.3, 0.4) is 0 Å². The first-order valence-corrected chi connectivity index (χ1v) is 13.4. The standard InChI is InChI=1S/C22H29ClN2O.C6H13NO2/c1-14(2)12-20-21-18(17-9-8-16(23)13-19(17)24-21)10-11-25(20)22(26)15-6-4-3-5-7-15;1-6(2,3)9-5(8)7-4/h8-9,13-15,20,24H,3-7,10-12H2,1-2H3;1-4H3,(H,7,8). The lowest BCUT2D eigenvalue weighted by Crippen LogP contribution is -2.44. The zero-order valence-corrected chi connectivity index (χ0v) is 22.9. The van der Waals surface area contributed by atoms with Crippen molar-refractivity contribution in [2.75, 3.05) is 13.6 Å². The summed E-state index contributed by atoms with van der Waals surface area (Å²) < 4.78 is 4.84. The molecule has 35 heavy (non-hydrogen) atoms. The Kier molecular flexibility index (Phi) is 9.14. The third-order valence-electron chi connectivity index (χ3n) is 6.75. The van der Waals surface area contributed by atoms with Crippen molar-refractivity contribution in [1.82, 2.24) is 15.2 Å². The van der Waals surface area contributed by atoms with Crippen LogP contribution in [0.1, 0.15) is 90.4 Å². The minimum atomic E-state index is -0.389. The first kappa shape index (κ1) is 27.4. The Hall–Kier alpha value is -2.21. The van der Waals surface area contributed by atoms with E-state index in [4.69, 9.17) is 16.3 Å². The molecular formula is C28H42ClN3O3. The summed E-state index contributed by atoms with van der Waals surface area (Å²) in [6.45, 7) is 10.8. The zero-order valence-electron chi connectivity index (χ0n) is 22.2. The fraction of sp³-hybridized carbons (Fsp3) is 0.643. The molecule has 1 aromatic heterocycles. The molecule has 194 valence electrons. The largest absolute Gasteiger partial charge is 0.444 e. The van der Waals surface area contributed by atoms with Crippen molar-refractivity contribution < 1.29 is 14.3 Å². The maximum Gasteiger partial charge on any atom is 0.407 e. The first-order valence-electron chi connectivity index (χ1n) is 13.0. The van der Waals surface area contributed by atoms with Crippen molar-refractivity contribution in [3.8, 4) is 0 Å². The second-order valence-corrected chi connectivity index (χ2v) is 11.7. The minimum absolute atomic E-state index is 0.166. The summed E-state index contributed by atoms with van der Waals surface area (Å²) in [5.74, 6) is 1.17. The van der Waals surface area contributed by atoms with Crippen LogP contribution in [0, 0.1) is 11.8 Å². The molecule has 2 amide bonds. The van der Waals surface area contributed by atoms with Gasteiger partial charge < -0.3 is 19.9 Å². The van der Waals surface area contributed by atoms with Crippen molar-refractivity contribution in [3.63, 3.8) is 0 Å². The number of ether oxygens (including phenoxy) is 1. The number of nitrogens with zero attached hydrogens (tertiary/aromatic N) is 1. The molecule has 1 atom stereocenters. The van der Waals surface area contributed by atoms with Gasteiger partial charge in [-0.05, 0) is 70.1 Å². The van der Waals surface area contributed by atoms with E-state index in [1.54, 1.807) is 0 Å². The second-order valence-electron chi connectivity index (χ2n) is 11.2. The molecule has 1 aromatic carbocycles. The average Bonchev–Trinajstić information content (AvgIpc) is 3.16. The lowest BCUT2D eigenvalue weighted by Gasteiger charge is -2.39. The van der Waals surface area contributed by atoms with Crippen LogP contribution in [-0.2, 0) is 16.0 Å². The number of benzene rings is 1. The first-order chi connectivity index (χ1) is 16.5. The van der Waals surface area contributed by atoms with Crippen LogP contribution in [0.25, 0.3) is 10.9 Å². The van der Waals surface area contributed by atoms with E-state index in [1.165, 1.54) is 43.0 Å². The highest BCUT2D eigenvalue weighted by Crippen LogP contribution is 2.40. The molecule has 1 unspecified atom stereocenters. The van der Waals surface area contributed by atoms with Gasteiger partial charge in [0, 0.05) is 41.1 Å². The summed E-state index contributed by atoms with van der Waals surface area (Å²) in [6.07, 6.45) is 7.38. The lowest BCUT2D eigenvalue weighted by molar-refractivity contribution is -0.140. The van der Waals surface area contributed by atoms with E-state index in [-0.39, 0.29) is 23.7 Å². The van der Waals surface area contributed by atoms with Gasteiger partial charge >= 0.3 is 6.09 Å². The number of halogens is 1. The van der Waals surface area contributed by atoms with Gasteiger partial charge in [0.15, 0.2) is 0 Å². The van der Waals surface area contributed by atoms with E-state index < -0.39 is 0 Å². The Morgan fingerprint density at radius 2 is 1.89 bits per heavy atom. The highest BCUT2D eigenvalue weighted by atomic mass is 35.5. The molecule has 2 aliphatic rings. The van der Waals surface area contributed by atoms with E-state index >= 15 is 0 Å². The average molecular weight is 504 g/mol. The number of carbonyl (C=O) groups excluding carboxylic acids is 2. The molecule has 2 aromatic rings. The van der Waals surface area contributed by atoms with E-state index in [1.807, 2.05) is 32.9 Å². The van der Waals surface area contributed by atoms with Gasteiger partial charge in [-0.15, -0.1) is 0 Å². The fourth-order valence-corrected chi connectivity index (χ4v) is 5.39. The number of hydrogen-bond donors (Lipinski definition) is 2. The van der Waals surface area contributed by atoms with Gasteiger partial charge in [0.1, 0.15) is 5.60 Å². The Bertz CT molecular complexity index is 1020.